The van der Waals surface area contributed by atoms with Crippen molar-refractivity contribution in [2.24, 2.45) is 5.73 Å². The highest BCUT2D eigenvalue weighted by Crippen LogP contribution is 2.43. The molecule has 3 N–H and O–H groups in total. The van der Waals surface area contributed by atoms with E-state index in [1.807, 2.05) is 43.3 Å². The topological polar surface area (TPSA) is 104 Å². The Hall–Kier alpha value is -3.38. The van der Waals surface area contributed by atoms with Crippen LogP contribution < -0.4 is 10.6 Å². The first-order chi connectivity index (χ1) is 16.8. The zero-order chi connectivity index (χ0) is 25.0. The van der Waals surface area contributed by atoms with Gasteiger partial charge in [-0.2, -0.15) is 0 Å². The molecule has 4 aromatic rings. The lowest BCUT2D eigenvalue weighted by Crippen LogP contribution is -2.14. The van der Waals surface area contributed by atoms with E-state index < -0.39 is 13.5 Å². The fraction of sp³-hybridized carbons (Fsp3) is 0.222. The number of carbonyl (C=O) groups excluding carboxylic acids is 1. The SMILES string of the molecule is CCCP(=O)(O)OOc1ccc2c(c1)c(CC(N)=O)c(C)n2Cc1ccccc1-c1ccccc1. The first-order valence-corrected chi connectivity index (χ1v) is 13.3. The van der Waals surface area contributed by atoms with Crippen molar-refractivity contribution >= 4 is 24.4 Å². The predicted molar refractivity (Wildman–Crippen MR) is 137 cm³/mol. The lowest BCUT2D eigenvalue weighted by atomic mass is 9.99. The van der Waals surface area contributed by atoms with E-state index in [0.29, 0.717) is 13.0 Å². The van der Waals surface area contributed by atoms with Gasteiger partial charge in [0, 0.05) is 23.1 Å². The summed E-state index contributed by atoms with van der Waals surface area (Å²) in [6.07, 6.45) is 0.554. The number of hydrogen-bond donors (Lipinski definition) is 2. The van der Waals surface area contributed by atoms with Crippen LogP contribution in [-0.2, 0) is 27.0 Å². The second-order valence-electron chi connectivity index (χ2n) is 8.51. The molecular formula is C27H29N2O5P. The van der Waals surface area contributed by atoms with E-state index in [2.05, 4.69) is 28.8 Å². The Morgan fingerprint density at radius 2 is 1.77 bits per heavy atom. The molecule has 0 bridgehead atoms. The normalized spacial score (nSPS) is 13.0. The zero-order valence-electron chi connectivity index (χ0n) is 19.8. The molecule has 0 aliphatic heterocycles. The number of primary amides is 1. The lowest BCUT2D eigenvalue weighted by Gasteiger charge is -2.14. The van der Waals surface area contributed by atoms with Gasteiger partial charge in [0.2, 0.25) is 5.91 Å². The summed E-state index contributed by atoms with van der Waals surface area (Å²) in [7, 11) is -3.84. The number of carbonyl (C=O) groups is 1. The molecule has 1 unspecified atom stereocenters. The van der Waals surface area contributed by atoms with Gasteiger partial charge in [-0.3, -0.25) is 9.36 Å². The number of aromatic nitrogens is 1. The van der Waals surface area contributed by atoms with Gasteiger partial charge >= 0.3 is 7.60 Å². The summed E-state index contributed by atoms with van der Waals surface area (Å²) in [5.74, 6) is -0.169. The molecule has 182 valence electrons. The summed E-state index contributed by atoms with van der Waals surface area (Å²) in [4.78, 5) is 26.9. The number of fused-ring (bicyclic) bond motifs is 1. The van der Waals surface area contributed by atoms with E-state index in [0.717, 1.165) is 38.9 Å². The van der Waals surface area contributed by atoms with Gasteiger partial charge in [-0.25, -0.2) is 0 Å². The van der Waals surface area contributed by atoms with Gasteiger partial charge in [-0.05, 0) is 53.8 Å². The molecule has 3 aromatic carbocycles. The molecule has 0 saturated heterocycles. The third-order valence-corrected chi connectivity index (χ3v) is 7.28. The van der Waals surface area contributed by atoms with Crippen LogP contribution in [0.5, 0.6) is 5.75 Å². The predicted octanol–water partition coefficient (Wildman–Crippen LogP) is 5.60. The molecule has 1 heterocycles. The molecule has 7 nitrogen and oxygen atoms in total. The number of amides is 1. The summed E-state index contributed by atoms with van der Waals surface area (Å²) in [6, 6.07) is 23.7. The van der Waals surface area contributed by atoms with Crippen LogP contribution in [-0.4, -0.2) is 21.5 Å². The molecule has 0 radical (unpaired) electrons. The molecule has 1 aromatic heterocycles. The summed E-state index contributed by atoms with van der Waals surface area (Å²) >= 11 is 0. The Morgan fingerprint density at radius 3 is 2.49 bits per heavy atom. The number of hydrogen-bond acceptors (Lipinski definition) is 4. The highest BCUT2D eigenvalue weighted by atomic mass is 31.2. The van der Waals surface area contributed by atoms with Gasteiger partial charge in [-0.1, -0.05) is 66.2 Å². The first-order valence-electron chi connectivity index (χ1n) is 11.5. The summed E-state index contributed by atoms with van der Waals surface area (Å²) in [6.45, 7) is 4.34. The third kappa shape index (κ3) is 5.65. The van der Waals surface area contributed by atoms with Gasteiger partial charge in [-0.15, -0.1) is 0 Å². The van der Waals surface area contributed by atoms with Crippen molar-refractivity contribution in [3.05, 3.63) is 89.6 Å². The highest BCUT2D eigenvalue weighted by molar-refractivity contribution is 7.52. The zero-order valence-corrected chi connectivity index (χ0v) is 20.7. The van der Waals surface area contributed by atoms with Crippen molar-refractivity contribution in [1.82, 2.24) is 4.57 Å². The van der Waals surface area contributed by atoms with Crippen LogP contribution in [0.2, 0.25) is 0 Å². The number of nitrogens with two attached hydrogens (primary N) is 1. The Balaban J connectivity index is 1.75. The monoisotopic (exact) mass is 492 g/mol. The molecule has 0 fully saturated rings. The van der Waals surface area contributed by atoms with Gasteiger partial charge in [0.15, 0.2) is 5.75 Å². The van der Waals surface area contributed by atoms with Crippen LogP contribution in [0.3, 0.4) is 0 Å². The number of rotatable bonds is 10. The largest absolute Gasteiger partial charge is 0.369 e. The minimum absolute atomic E-state index is 0.00151. The first kappa shape index (κ1) is 24.7. The maximum Gasteiger partial charge on any atom is 0.366 e. The van der Waals surface area contributed by atoms with Crippen molar-refractivity contribution in [3.8, 4) is 16.9 Å². The standard InChI is InChI=1S/C27H29N2O5P/c1-3-15-35(31,32)34-33-22-13-14-26-25(16-22)24(17-27(28)30)19(2)29(26)18-21-11-7-8-12-23(21)20-9-5-4-6-10-20/h4-14,16H,3,15,17-18H2,1-2H3,(H2,28,30)(H,31,32). The van der Waals surface area contributed by atoms with Crippen molar-refractivity contribution in [3.63, 3.8) is 0 Å². The molecular weight excluding hydrogens is 463 g/mol. The highest BCUT2D eigenvalue weighted by Gasteiger charge is 2.22. The van der Waals surface area contributed by atoms with Gasteiger partial charge in [0.05, 0.1) is 12.6 Å². The average molecular weight is 493 g/mol. The van der Waals surface area contributed by atoms with E-state index in [1.54, 1.807) is 19.1 Å². The Morgan fingerprint density at radius 1 is 1.06 bits per heavy atom. The second-order valence-corrected chi connectivity index (χ2v) is 10.4. The van der Waals surface area contributed by atoms with E-state index in [4.69, 9.17) is 15.3 Å². The van der Waals surface area contributed by atoms with Crippen LogP contribution >= 0.6 is 7.60 Å². The number of nitrogens with zero attached hydrogens (tertiary/aromatic N) is 1. The Bertz CT molecular complexity index is 1400. The molecule has 8 heteroatoms. The van der Waals surface area contributed by atoms with Gasteiger partial charge < -0.3 is 20.1 Å². The quantitative estimate of drug-likeness (QED) is 0.170. The average Bonchev–Trinajstić information content (AvgIpc) is 3.09. The van der Waals surface area contributed by atoms with Crippen LogP contribution in [0.4, 0.5) is 0 Å². The van der Waals surface area contributed by atoms with Crippen molar-refractivity contribution in [1.29, 1.82) is 0 Å². The number of benzene rings is 3. The van der Waals surface area contributed by atoms with E-state index in [9.17, 15) is 14.3 Å². The molecule has 0 saturated carbocycles. The van der Waals surface area contributed by atoms with Crippen molar-refractivity contribution in [2.75, 3.05) is 6.16 Å². The summed E-state index contributed by atoms with van der Waals surface area (Å²) < 4.78 is 19.0. The van der Waals surface area contributed by atoms with E-state index in [-0.39, 0.29) is 18.3 Å². The van der Waals surface area contributed by atoms with Crippen LogP contribution in [0.15, 0.2) is 72.8 Å². The minimum Gasteiger partial charge on any atom is -0.369 e. The fourth-order valence-corrected chi connectivity index (χ4v) is 5.17. The molecule has 0 aliphatic rings. The molecule has 0 aliphatic carbocycles. The maximum atomic E-state index is 12.0. The van der Waals surface area contributed by atoms with E-state index >= 15 is 0 Å². The Kier molecular flexibility index (Phi) is 7.41. The smallest absolute Gasteiger partial charge is 0.366 e. The molecule has 35 heavy (non-hydrogen) atoms. The summed E-state index contributed by atoms with van der Waals surface area (Å²) in [5.41, 5.74) is 11.6. The van der Waals surface area contributed by atoms with Crippen LogP contribution in [0.25, 0.3) is 22.0 Å². The summed E-state index contributed by atoms with van der Waals surface area (Å²) in [5, 5.41) is 0.780. The molecule has 1 atom stereocenters. The van der Waals surface area contributed by atoms with Gasteiger partial charge in [0.25, 0.3) is 0 Å². The maximum absolute atomic E-state index is 12.0. The Labute approximate surface area is 204 Å². The fourth-order valence-electron chi connectivity index (χ4n) is 4.33. The van der Waals surface area contributed by atoms with E-state index in [1.165, 1.54) is 0 Å². The van der Waals surface area contributed by atoms with Crippen molar-refractivity contribution < 1.29 is 23.8 Å². The van der Waals surface area contributed by atoms with Crippen LogP contribution in [0.1, 0.15) is 30.2 Å². The molecule has 4 rings (SSSR count). The third-order valence-electron chi connectivity index (χ3n) is 5.96. The molecule has 1 amide bonds. The van der Waals surface area contributed by atoms with Gasteiger partial charge in [0.1, 0.15) is 0 Å². The molecule has 0 spiro atoms. The van der Waals surface area contributed by atoms with Crippen LogP contribution in [0, 0.1) is 6.92 Å². The lowest BCUT2D eigenvalue weighted by molar-refractivity contribution is -0.117. The van der Waals surface area contributed by atoms with Crippen molar-refractivity contribution in [2.45, 2.75) is 33.2 Å². The minimum atomic E-state index is -3.84. The second kappa shape index (κ2) is 10.5.